The molecule has 0 bridgehead atoms. The Morgan fingerprint density at radius 1 is 0.938 bits per heavy atom. The van der Waals surface area contributed by atoms with Gasteiger partial charge >= 0.3 is 0 Å². The molecule has 3 rings (SSSR count). The maximum absolute atomic E-state index is 11.5. The molecule has 166 valence electrons. The summed E-state index contributed by atoms with van der Waals surface area (Å²) in [5, 5.41) is 9.08. The van der Waals surface area contributed by atoms with Crippen LogP contribution in [0.3, 0.4) is 0 Å². The summed E-state index contributed by atoms with van der Waals surface area (Å²) in [5.74, 6) is -0.143. The van der Waals surface area contributed by atoms with Gasteiger partial charge in [0.25, 0.3) is 0 Å². The number of benzene rings is 2. The summed E-state index contributed by atoms with van der Waals surface area (Å²) in [5.41, 5.74) is 13.6. The van der Waals surface area contributed by atoms with Crippen LogP contribution in [-0.4, -0.2) is 39.9 Å². The van der Waals surface area contributed by atoms with E-state index in [9.17, 15) is 9.59 Å². The third kappa shape index (κ3) is 6.14. The molecule has 1 aromatic heterocycles. The van der Waals surface area contributed by atoms with E-state index in [1.807, 2.05) is 25.1 Å². The molecule has 0 radical (unpaired) electrons. The first-order valence-electron chi connectivity index (χ1n) is 10.1. The maximum atomic E-state index is 11.5. The van der Waals surface area contributed by atoms with E-state index in [4.69, 9.17) is 11.5 Å². The molecule has 0 aliphatic carbocycles. The molecule has 3 aromatic rings. The van der Waals surface area contributed by atoms with E-state index in [2.05, 4.69) is 50.0 Å². The molecule has 0 spiro atoms. The SMILES string of the molecule is Cc1ccc(C(N)=O)cc1Nc1nc(NCC(N)=O)nc(NCC(C)c2ccccc2)n1. The number of nitrogens with two attached hydrogens (primary N) is 2. The second-order valence-corrected chi connectivity index (χ2v) is 7.34. The molecule has 0 fully saturated rings. The zero-order valence-electron chi connectivity index (χ0n) is 17.9. The smallest absolute Gasteiger partial charge is 0.248 e. The number of primary amides is 2. The van der Waals surface area contributed by atoms with Crippen molar-refractivity contribution in [3.63, 3.8) is 0 Å². The van der Waals surface area contributed by atoms with E-state index >= 15 is 0 Å². The van der Waals surface area contributed by atoms with E-state index in [1.54, 1.807) is 18.2 Å². The van der Waals surface area contributed by atoms with Crippen LogP contribution in [0.5, 0.6) is 0 Å². The van der Waals surface area contributed by atoms with Crippen molar-refractivity contribution in [3.8, 4) is 0 Å². The van der Waals surface area contributed by atoms with Crippen LogP contribution < -0.4 is 27.4 Å². The molecule has 0 saturated heterocycles. The first-order valence-corrected chi connectivity index (χ1v) is 10.1. The molecule has 1 heterocycles. The summed E-state index contributed by atoms with van der Waals surface area (Å²) in [6, 6.07) is 15.1. The van der Waals surface area contributed by atoms with Gasteiger partial charge in [0.15, 0.2) is 0 Å². The molecule has 10 heteroatoms. The minimum atomic E-state index is -0.544. The van der Waals surface area contributed by atoms with Crippen LogP contribution in [-0.2, 0) is 4.79 Å². The van der Waals surface area contributed by atoms with Gasteiger partial charge < -0.3 is 27.4 Å². The summed E-state index contributed by atoms with van der Waals surface area (Å²) in [7, 11) is 0. The summed E-state index contributed by atoms with van der Waals surface area (Å²) >= 11 is 0. The number of amides is 2. The summed E-state index contributed by atoms with van der Waals surface area (Å²) in [4.78, 5) is 35.7. The van der Waals surface area contributed by atoms with Crippen molar-refractivity contribution in [2.24, 2.45) is 11.5 Å². The van der Waals surface area contributed by atoms with Crippen LogP contribution in [0, 0.1) is 6.92 Å². The number of anilines is 4. The summed E-state index contributed by atoms with van der Waals surface area (Å²) in [6.07, 6.45) is 0. The lowest BCUT2D eigenvalue weighted by Gasteiger charge is -2.15. The molecule has 1 unspecified atom stereocenters. The average molecular weight is 435 g/mol. The number of nitrogens with zero attached hydrogens (tertiary/aromatic N) is 3. The normalized spacial score (nSPS) is 11.4. The Labute approximate surface area is 185 Å². The fourth-order valence-electron chi connectivity index (χ4n) is 2.93. The van der Waals surface area contributed by atoms with Crippen LogP contribution in [0.2, 0.25) is 0 Å². The lowest BCUT2D eigenvalue weighted by molar-refractivity contribution is -0.116. The van der Waals surface area contributed by atoms with E-state index < -0.39 is 11.8 Å². The minimum absolute atomic E-state index is 0.125. The highest BCUT2D eigenvalue weighted by Gasteiger charge is 2.12. The van der Waals surface area contributed by atoms with Gasteiger partial charge in [0.05, 0.1) is 6.54 Å². The Bertz CT molecular complexity index is 1100. The highest BCUT2D eigenvalue weighted by atomic mass is 16.1. The largest absolute Gasteiger partial charge is 0.368 e. The van der Waals surface area contributed by atoms with E-state index in [-0.39, 0.29) is 24.4 Å². The van der Waals surface area contributed by atoms with Crippen molar-refractivity contribution in [2.45, 2.75) is 19.8 Å². The molecule has 1 atom stereocenters. The number of aryl methyl sites for hydroxylation is 1. The number of rotatable bonds is 10. The summed E-state index contributed by atoms with van der Waals surface area (Å²) in [6.45, 7) is 4.42. The molecular formula is C22H26N8O2. The van der Waals surface area contributed by atoms with Gasteiger partial charge in [0.1, 0.15) is 0 Å². The van der Waals surface area contributed by atoms with Gasteiger partial charge in [-0.1, -0.05) is 43.3 Å². The summed E-state index contributed by atoms with van der Waals surface area (Å²) < 4.78 is 0. The van der Waals surface area contributed by atoms with Crippen LogP contribution in [0.1, 0.15) is 34.3 Å². The fraction of sp³-hybridized carbons (Fsp3) is 0.227. The van der Waals surface area contributed by atoms with Crippen molar-refractivity contribution < 1.29 is 9.59 Å². The number of hydrogen-bond donors (Lipinski definition) is 5. The fourth-order valence-corrected chi connectivity index (χ4v) is 2.93. The predicted molar refractivity (Wildman–Crippen MR) is 124 cm³/mol. The maximum Gasteiger partial charge on any atom is 0.248 e. The van der Waals surface area contributed by atoms with Gasteiger partial charge in [0.2, 0.25) is 29.7 Å². The third-order valence-electron chi connectivity index (χ3n) is 4.76. The van der Waals surface area contributed by atoms with Crippen molar-refractivity contribution in [1.82, 2.24) is 15.0 Å². The van der Waals surface area contributed by atoms with Crippen LogP contribution in [0.25, 0.3) is 0 Å². The number of aromatic nitrogens is 3. The molecular weight excluding hydrogens is 408 g/mol. The second-order valence-electron chi connectivity index (χ2n) is 7.34. The Morgan fingerprint density at radius 3 is 2.25 bits per heavy atom. The molecule has 32 heavy (non-hydrogen) atoms. The van der Waals surface area contributed by atoms with Gasteiger partial charge in [-0.3, -0.25) is 9.59 Å². The molecule has 0 aliphatic rings. The molecule has 10 nitrogen and oxygen atoms in total. The number of nitrogens with one attached hydrogen (secondary N) is 3. The molecule has 2 amide bonds. The van der Waals surface area contributed by atoms with Crippen molar-refractivity contribution in [1.29, 1.82) is 0 Å². The topological polar surface area (TPSA) is 161 Å². The number of carbonyl (C=O) groups is 2. The van der Waals surface area contributed by atoms with Crippen molar-refractivity contribution in [2.75, 3.05) is 29.0 Å². The van der Waals surface area contributed by atoms with Crippen LogP contribution in [0.15, 0.2) is 48.5 Å². The Kier molecular flexibility index (Phi) is 7.17. The van der Waals surface area contributed by atoms with Crippen molar-refractivity contribution in [3.05, 3.63) is 65.2 Å². The molecule has 0 aliphatic heterocycles. The molecule has 0 saturated carbocycles. The first kappa shape index (κ1) is 22.5. The number of hydrogen-bond acceptors (Lipinski definition) is 8. The molecule has 7 N–H and O–H groups in total. The van der Waals surface area contributed by atoms with Gasteiger partial charge in [0, 0.05) is 17.8 Å². The van der Waals surface area contributed by atoms with E-state index in [0.717, 1.165) is 5.56 Å². The average Bonchev–Trinajstić information content (AvgIpc) is 2.78. The van der Waals surface area contributed by atoms with Crippen LogP contribution in [0.4, 0.5) is 23.5 Å². The molecule has 2 aromatic carbocycles. The van der Waals surface area contributed by atoms with Crippen molar-refractivity contribution >= 4 is 35.3 Å². The van der Waals surface area contributed by atoms with Gasteiger partial charge in [-0.25, -0.2) is 0 Å². The monoisotopic (exact) mass is 434 g/mol. The van der Waals surface area contributed by atoms with E-state index in [1.165, 1.54) is 5.56 Å². The first-order chi connectivity index (χ1) is 15.3. The van der Waals surface area contributed by atoms with Gasteiger partial charge in [-0.2, -0.15) is 15.0 Å². The minimum Gasteiger partial charge on any atom is -0.368 e. The Morgan fingerprint density at radius 2 is 1.59 bits per heavy atom. The zero-order chi connectivity index (χ0) is 23.1. The van der Waals surface area contributed by atoms with Gasteiger partial charge in [-0.05, 0) is 36.1 Å². The quantitative estimate of drug-likeness (QED) is 0.324. The Balaban J connectivity index is 1.83. The standard InChI is InChI=1S/C22H26N8O2/c1-13-8-9-16(19(24)32)10-17(13)27-22-29-20(28-21(30-22)26-12-18(23)31)25-11-14(2)15-6-4-3-5-7-15/h3-10,14H,11-12H2,1-2H3,(H2,23,31)(H2,24,32)(H3,25,26,27,28,29,30). The zero-order valence-corrected chi connectivity index (χ0v) is 17.9. The predicted octanol–water partition coefficient (Wildman–Crippen LogP) is 2.14. The lowest BCUT2D eigenvalue weighted by Crippen LogP contribution is -2.23. The second kappa shape index (κ2) is 10.2. The van der Waals surface area contributed by atoms with Crippen LogP contribution >= 0.6 is 0 Å². The Hall–Kier alpha value is -4.21. The third-order valence-corrected chi connectivity index (χ3v) is 4.76. The highest BCUT2D eigenvalue weighted by Crippen LogP contribution is 2.22. The van der Waals surface area contributed by atoms with Gasteiger partial charge in [-0.15, -0.1) is 0 Å². The number of carbonyl (C=O) groups excluding carboxylic acids is 2. The lowest BCUT2D eigenvalue weighted by atomic mass is 10.0. The highest BCUT2D eigenvalue weighted by molar-refractivity contribution is 5.94. The van der Waals surface area contributed by atoms with E-state index in [0.29, 0.717) is 23.7 Å².